The predicted molar refractivity (Wildman–Crippen MR) is 325 cm³/mol. The number of fused-ring (bicyclic) bond motifs is 29. The fourth-order valence-electron chi connectivity index (χ4n) is 16.8. The van der Waals surface area contributed by atoms with Gasteiger partial charge in [-0.05, 0) is 149 Å². The molecule has 0 unspecified atom stereocenters. The summed E-state index contributed by atoms with van der Waals surface area (Å²) in [4.78, 5) is 0. The van der Waals surface area contributed by atoms with E-state index in [1.165, 1.54) is 166 Å². The second-order valence-electron chi connectivity index (χ2n) is 23.3. The van der Waals surface area contributed by atoms with Crippen LogP contribution in [0.3, 0.4) is 0 Å². The predicted octanol–water partition coefficient (Wildman–Crippen LogP) is 18.9. The van der Waals surface area contributed by atoms with Gasteiger partial charge in [-0.25, -0.2) is 0 Å². The summed E-state index contributed by atoms with van der Waals surface area (Å²) in [5, 5.41) is 5.09. The Morgan fingerprint density at radius 2 is 0.532 bits per heavy atom. The van der Waals surface area contributed by atoms with E-state index < -0.39 is 10.8 Å². The lowest BCUT2D eigenvalue weighted by molar-refractivity contribution is 0.661. The van der Waals surface area contributed by atoms with Gasteiger partial charge >= 0.3 is 0 Å². The van der Waals surface area contributed by atoms with Crippen molar-refractivity contribution in [3.8, 4) is 67.0 Å². The zero-order chi connectivity index (χ0) is 51.7. The van der Waals surface area contributed by atoms with Crippen molar-refractivity contribution in [2.75, 3.05) is 0 Å². The molecule has 0 saturated heterocycles. The standard InChI is InChI=1S/C77H48N2/c1-75(2)65-43-71-55(49-25-9-17-37-67(49)78(71)69-39-19-35-63-73(69)51-27-7-15-33-61(51)76(63)57-29-11-3-21-45(57)46-22-4-12-30-58(46)76)41-53(65)54-42-56-50-26-10-18-38-68(50)79(72(56)44-66(54)75)70-40-20-36-64-74(70)52-28-8-16-34-62(52)77(64)59-31-13-5-23-47(59)48-24-6-14-32-60(48)77/h3-44H,1-2H3. The van der Waals surface area contributed by atoms with Gasteiger partial charge in [0, 0.05) is 38.1 Å². The maximum absolute atomic E-state index is 2.60. The Bertz CT molecular complexity index is 4720. The van der Waals surface area contributed by atoms with E-state index in [0.717, 1.165) is 0 Å². The summed E-state index contributed by atoms with van der Waals surface area (Å²) in [7, 11) is 0. The van der Waals surface area contributed by atoms with Crippen LogP contribution in [0.25, 0.3) is 111 Å². The van der Waals surface area contributed by atoms with Gasteiger partial charge in [0.15, 0.2) is 0 Å². The van der Waals surface area contributed by atoms with E-state index in [4.69, 9.17) is 0 Å². The SMILES string of the molecule is CC1(C)c2cc3c(cc2-c2cc4c5ccccc5n(-c5cccc6c5-c5ccccc5C65c6ccccc6-c6ccccc65)c4cc21)c1ccccc1n3-c1cccc2c1-c1ccccc1C21c2ccccc2-c2ccccc21. The van der Waals surface area contributed by atoms with Crippen LogP contribution in [0.5, 0.6) is 0 Å². The molecule has 0 amide bonds. The number of hydrogen-bond acceptors (Lipinski definition) is 0. The molecule has 2 heteroatoms. The highest BCUT2D eigenvalue weighted by Crippen LogP contribution is 2.66. The third-order valence-electron chi connectivity index (χ3n) is 19.7. The second kappa shape index (κ2) is 14.4. The minimum atomic E-state index is -0.427. The van der Waals surface area contributed by atoms with Crippen molar-refractivity contribution in [1.82, 2.24) is 9.13 Å². The van der Waals surface area contributed by atoms with E-state index in [-0.39, 0.29) is 5.41 Å². The summed E-state index contributed by atoms with van der Waals surface area (Å²) in [6.45, 7) is 4.92. The van der Waals surface area contributed by atoms with Crippen molar-refractivity contribution in [2.45, 2.75) is 30.1 Å². The number of hydrogen-bond donors (Lipinski definition) is 0. The molecule has 12 aromatic carbocycles. The molecule has 2 spiro atoms. The fraction of sp³-hybridized carbons (Fsp3) is 0.0649. The monoisotopic (exact) mass is 1000 g/mol. The molecule has 14 aromatic rings. The largest absolute Gasteiger partial charge is 0.309 e. The second-order valence-corrected chi connectivity index (χ2v) is 23.3. The summed E-state index contributed by atoms with van der Waals surface area (Å²) in [6.07, 6.45) is 0. The van der Waals surface area contributed by atoms with Gasteiger partial charge in [0.1, 0.15) is 0 Å². The minimum Gasteiger partial charge on any atom is -0.309 e. The molecule has 19 rings (SSSR count). The van der Waals surface area contributed by atoms with E-state index in [9.17, 15) is 0 Å². The normalized spacial score (nSPS) is 15.3. The molecule has 5 aliphatic rings. The summed E-state index contributed by atoms with van der Waals surface area (Å²) in [5.41, 5.74) is 33.0. The van der Waals surface area contributed by atoms with Gasteiger partial charge in [-0.15, -0.1) is 0 Å². The number of para-hydroxylation sites is 2. The Morgan fingerprint density at radius 3 is 0.911 bits per heavy atom. The Labute approximate surface area is 457 Å². The average Bonchev–Trinajstić information content (AvgIpc) is 3.70. The van der Waals surface area contributed by atoms with Crippen molar-refractivity contribution < 1.29 is 0 Å². The van der Waals surface area contributed by atoms with E-state index in [1.807, 2.05) is 0 Å². The number of benzene rings is 12. The summed E-state index contributed by atoms with van der Waals surface area (Å²) >= 11 is 0. The van der Waals surface area contributed by atoms with Crippen molar-refractivity contribution in [1.29, 1.82) is 0 Å². The Kier molecular flexibility index (Phi) is 7.74. The van der Waals surface area contributed by atoms with Gasteiger partial charge in [0.05, 0.1) is 44.3 Å². The number of aromatic nitrogens is 2. The maximum Gasteiger partial charge on any atom is 0.0726 e. The molecular weight excluding hydrogens is 953 g/mol. The third-order valence-corrected chi connectivity index (χ3v) is 19.7. The Balaban J connectivity index is 0.844. The highest BCUT2D eigenvalue weighted by molar-refractivity contribution is 6.16. The molecule has 0 atom stereocenters. The first-order valence-corrected chi connectivity index (χ1v) is 28.0. The lowest BCUT2D eigenvalue weighted by Gasteiger charge is -2.30. The van der Waals surface area contributed by atoms with Crippen LogP contribution in [0, 0.1) is 0 Å². The van der Waals surface area contributed by atoms with Crippen molar-refractivity contribution in [2.24, 2.45) is 0 Å². The molecule has 79 heavy (non-hydrogen) atoms. The van der Waals surface area contributed by atoms with Crippen LogP contribution in [-0.4, -0.2) is 9.13 Å². The molecule has 2 nitrogen and oxygen atoms in total. The molecule has 0 aliphatic heterocycles. The highest BCUT2D eigenvalue weighted by Gasteiger charge is 2.54. The third kappa shape index (κ3) is 4.78. The van der Waals surface area contributed by atoms with Crippen molar-refractivity contribution in [3.63, 3.8) is 0 Å². The topological polar surface area (TPSA) is 9.86 Å². The zero-order valence-corrected chi connectivity index (χ0v) is 43.6. The minimum absolute atomic E-state index is 0.311. The van der Waals surface area contributed by atoms with E-state index in [0.29, 0.717) is 0 Å². The molecule has 0 N–H and O–H groups in total. The molecular formula is C77H48N2. The highest BCUT2D eigenvalue weighted by atomic mass is 15.0. The van der Waals surface area contributed by atoms with E-state index in [2.05, 4.69) is 278 Å². The lowest BCUT2D eigenvalue weighted by atomic mass is 9.70. The Hall–Kier alpha value is -9.76. The maximum atomic E-state index is 2.60. The first-order chi connectivity index (χ1) is 39.0. The van der Waals surface area contributed by atoms with Crippen LogP contribution >= 0.6 is 0 Å². The molecule has 0 bridgehead atoms. The van der Waals surface area contributed by atoms with Gasteiger partial charge in [0.25, 0.3) is 0 Å². The zero-order valence-electron chi connectivity index (χ0n) is 43.6. The molecule has 0 saturated carbocycles. The fourth-order valence-corrected chi connectivity index (χ4v) is 16.8. The molecule has 0 radical (unpaired) electrons. The number of nitrogens with zero attached hydrogens (tertiary/aromatic N) is 2. The molecule has 0 fully saturated rings. The molecule has 5 aliphatic carbocycles. The quantitative estimate of drug-likeness (QED) is 0.163. The van der Waals surface area contributed by atoms with Gasteiger partial charge in [-0.3, -0.25) is 0 Å². The van der Waals surface area contributed by atoms with Crippen LogP contribution in [0.2, 0.25) is 0 Å². The van der Waals surface area contributed by atoms with Crippen molar-refractivity contribution in [3.05, 3.63) is 310 Å². The first-order valence-electron chi connectivity index (χ1n) is 28.0. The summed E-state index contributed by atoms with van der Waals surface area (Å²) in [6, 6.07) is 97.6. The van der Waals surface area contributed by atoms with Crippen LogP contribution in [0.15, 0.2) is 255 Å². The van der Waals surface area contributed by atoms with Gasteiger partial charge in [-0.2, -0.15) is 0 Å². The van der Waals surface area contributed by atoms with Crippen LogP contribution < -0.4 is 0 Å². The summed E-state index contributed by atoms with van der Waals surface area (Å²) in [5.74, 6) is 0. The summed E-state index contributed by atoms with van der Waals surface area (Å²) < 4.78 is 5.20. The molecule has 366 valence electrons. The smallest absolute Gasteiger partial charge is 0.0726 e. The molecule has 2 aromatic heterocycles. The first kappa shape index (κ1) is 42.4. The molecule has 2 heterocycles. The van der Waals surface area contributed by atoms with E-state index >= 15 is 0 Å². The average molecular weight is 1000 g/mol. The van der Waals surface area contributed by atoms with Crippen LogP contribution in [0.4, 0.5) is 0 Å². The van der Waals surface area contributed by atoms with Crippen LogP contribution in [0.1, 0.15) is 69.5 Å². The Morgan fingerprint density at radius 1 is 0.228 bits per heavy atom. The van der Waals surface area contributed by atoms with Crippen LogP contribution in [-0.2, 0) is 16.2 Å². The van der Waals surface area contributed by atoms with Crippen molar-refractivity contribution >= 4 is 43.6 Å². The van der Waals surface area contributed by atoms with E-state index in [1.54, 1.807) is 0 Å². The van der Waals surface area contributed by atoms with Gasteiger partial charge in [0.2, 0.25) is 0 Å². The van der Waals surface area contributed by atoms with Gasteiger partial charge in [-0.1, -0.05) is 220 Å². The number of rotatable bonds is 2. The van der Waals surface area contributed by atoms with Gasteiger partial charge < -0.3 is 9.13 Å². The lowest BCUT2D eigenvalue weighted by Crippen LogP contribution is -2.25.